The molecule has 2 nitrogen and oxygen atoms in total. The van der Waals surface area contributed by atoms with E-state index in [9.17, 15) is 9.50 Å². The minimum atomic E-state index is -1.01. The minimum absolute atomic E-state index is 0.0694. The maximum atomic E-state index is 13.6. The molecule has 0 aliphatic rings. The van der Waals surface area contributed by atoms with Crippen LogP contribution in [0.15, 0.2) is 12.1 Å². The van der Waals surface area contributed by atoms with Gasteiger partial charge in [0, 0.05) is 5.56 Å². The van der Waals surface area contributed by atoms with E-state index in [1.807, 2.05) is 6.07 Å². The number of hydrogen-bond acceptors (Lipinski definition) is 2. The zero-order valence-corrected chi connectivity index (χ0v) is 8.43. The average molecular weight is 193 g/mol. The van der Waals surface area contributed by atoms with E-state index in [2.05, 4.69) is 0 Å². The summed E-state index contributed by atoms with van der Waals surface area (Å²) in [6.45, 7) is 4.75. The first-order chi connectivity index (χ1) is 6.40. The lowest BCUT2D eigenvalue weighted by Crippen LogP contribution is -2.17. The van der Waals surface area contributed by atoms with Crippen molar-refractivity contribution in [1.82, 2.24) is 0 Å². The SMILES string of the molecule is Cc1ccc(O)c(C(C)(C)C#N)c1F. The van der Waals surface area contributed by atoms with Crippen LogP contribution in [-0.4, -0.2) is 5.11 Å². The second-order valence-corrected chi connectivity index (χ2v) is 3.83. The van der Waals surface area contributed by atoms with Crippen LogP contribution in [0.1, 0.15) is 25.0 Å². The summed E-state index contributed by atoms with van der Waals surface area (Å²) in [6, 6.07) is 4.86. The molecule has 14 heavy (non-hydrogen) atoms. The average Bonchev–Trinajstić information content (AvgIpc) is 2.12. The van der Waals surface area contributed by atoms with Crippen LogP contribution < -0.4 is 0 Å². The second-order valence-electron chi connectivity index (χ2n) is 3.83. The van der Waals surface area contributed by atoms with Gasteiger partial charge >= 0.3 is 0 Å². The number of hydrogen-bond donors (Lipinski definition) is 1. The van der Waals surface area contributed by atoms with Gasteiger partial charge in [-0.05, 0) is 32.4 Å². The predicted octanol–water partition coefficient (Wildman–Crippen LogP) is 2.64. The summed E-state index contributed by atoms with van der Waals surface area (Å²) in [7, 11) is 0. The summed E-state index contributed by atoms with van der Waals surface area (Å²) in [5.41, 5.74) is -0.513. The summed E-state index contributed by atoms with van der Waals surface area (Å²) < 4.78 is 13.6. The lowest BCUT2D eigenvalue weighted by molar-refractivity contribution is 0.441. The van der Waals surface area contributed by atoms with Crippen LogP contribution >= 0.6 is 0 Å². The van der Waals surface area contributed by atoms with Gasteiger partial charge in [-0.3, -0.25) is 0 Å². The molecule has 0 heterocycles. The predicted molar refractivity (Wildman–Crippen MR) is 51.4 cm³/mol. The van der Waals surface area contributed by atoms with Gasteiger partial charge in [0.2, 0.25) is 0 Å². The molecule has 0 fully saturated rings. The lowest BCUT2D eigenvalue weighted by Gasteiger charge is -2.18. The van der Waals surface area contributed by atoms with Gasteiger partial charge in [-0.25, -0.2) is 4.39 Å². The van der Waals surface area contributed by atoms with Gasteiger partial charge in [0.15, 0.2) is 0 Å². The van der Waals surface area contributed by atoms with Crippen LogP contribution in [0.4, 0.5) is 4.39 Å². The number of nitriles is 1. The van der Waals surface area contributed by atoms with Crippen molar-refractivity contribution >= 4 is 0 Å². The molecule has 0 radical (unpaired) electrons. The van der Waals surface area contributed by atoms with Gasteiger partial charge in [0.05, 0.1) is 11.5 Å². The zero-order chi connectivity index (χ0) is 10.9. The van der Waals surface area contributed by atoms with E-state index in [0.717, 1.165) is 0 Å². The van der Waals surface area contributed by atoms with Gasteiger partial charge in [-0.15, -0.1) is 0 Å². The van der Waals surface area contributed by atoms with Crippen molar-refractivity contribution in [1.29, 1.82) is 5.26 Å². The number of phenolic OH excluding ortho intramolecular Hbond substituents is 1. The number of aryl methyl sites for hydroxylation is 1. The third kappa shape index (κ3) is 1.56. The number of aromatic hydroxyl groups is 1. The number of nitrogens with zero attached hydrogens (tertiary/aromatic N) is 1. The largest absolute Gasteiger partial charge is 0.508 e. The van der Waals surface area contributed by atoms with Crippen molar-refractivity contribution < 1.29 is 9.50 Å². The summed E-state index contributed by atoms with van der Waals surface area (Å²) >= 11 is 0. The molecule has 3 heteroatoms. The molecule has 0 aliphatic carbocycles. The first-order valence-electron chi connectivity index (χ1n) is 4.30. The number of benzene rings is 1. The molecule has 0 aromatic heterocycles. The molecule has 0 saturated heterocycles. The highest BCUT2D eigenvalue weighted by Crippen LogP contribution is 2.33. The fourth-order valence-electron chi connectivity index (χ4n) is 1.32. The third-order valence-corrected chi connectivity index (χ3v) is 2.22. The smallest absolute Gasteiger partial charge is 0.134 e. The van der Waals surface area contributed by atoms with Crippen molar-refractivity contribution in [3.05, 3.63) is 29.1 Å². The summed E-state index contributed by atoms with van der Waals surface area (Å²) in [5.74, 6) is -0.670. The number of rotatable bonds is 1. The Bertz CT molecular complexity index is 404. The van der Waals surface area contributed by atoms with E-state index in [4.69, 9.17) is 5.26 Å². The van der Waals surface area contributed by atoms with Crippen LogP contribution in [0.3, 0.4) is 0 Å². The molecule has 1 aromatic rings. The van der Waals surface area contributed by atoms with Crippen LogP contribution in [0.5, 0.6) is 5.75 Å². The number of halogens is 1. The Balaban J connectivity index is 3.49. The van der Waals surface area contributed by atoms with Gasteiger partial charge in [-0.2, -0.15) is 5.26 Å². The Morgan fingerprint density at radius 1 is 1.43 bits per heavy atom. The maximum Gasteiger partial charge on any atom is 0.134 e. The molecule has 1 N–H and O–H groups in total. The molecule has 0 unspecified atom stereocenters. The quantitative estimate of drug-likeness (QED) is 0.745. The van der Waals surface area contributed by atoms with Crippen molar-refractivity contribution in [2.75, 3.05) is 0 Å². The molecule has 0 saturated carbocycles. The number of phenols is 1. The van der Waals surface area contributed by atoms with Crippen molar-refractivity contribution in [3.63, 3.8) is 0 Å². The molecule has 1 aromatic carbocycles. The fraction of sp³-hybridized carbons (Fsp3) is 0.364. The van der Waals surface area contributed by atoms with Gasteiger partial charge < -0.3 is 5.11 Å². The first kappa shape index (κ1) is 10.5. The standard InChI is InChI=1S/C11H12FNO/c1-7-4-5-8(14)9(10(7)12)11(2,3)6-13/h4-5,14H,1-3H3. The Kier molecular flexibility index (Phi) is 2.48. The normalized spacial score (nSPS) is 11.1. The van der Waals surface area contributed by atoms with Crippen LogP contribution in [0.25, 0.3) is 0 Å². The second kappa shape index (κ2) is 3.30. The van der Waals surface area contributed by atoms with E-state index in [1.165, 1.54) is 12.1 Å². The van der Waals surface area contributed by atoms with Crippen LogP contribution in [0.2, 0.25) is 0 Å². The Morgan fingerprint density at radius 3 is 2.50 bits per heavy atom. The van der Waals surface area contributed by atoms with Crippen molar-refractivity contribution in [2.45, 2.75) is 26.2 Å². The van der Waals surface area contributed by atoms with E-state index in [0.29, 0.717) is 5.56 Å². The van der Waals surface area contributed by atoms with Crippen molar-refractivity contribution in [3.8, 4) is 11.8 Å². The summed E-state index contributed by atoms with van der Waals surface area (Å²) in [5, 5.41) is 18.4. The highest BCUT2D eigenvalue weighted by Gasteiger charge is 2.28. The van der Waals surface area contributed by atoms with Crippen molar-refractivity contribution in [2.24, 2.45) is 0 Å². The molecule has 0 bridgehead atoms. The first-order valence-corrected chi connectivity index (χ1v) is 4.30. The monoisotopic (exact) mass is 193 g/mol. The lowest BCUT2D eigenvalue weighted by atomic mass is 9.84. The van der Waals surface area contributed by atoms with E-state index < -0.39 is 11.2 Å². The van der Waals surface area contributed by atoms with E-state index in [-0.39, 0.29) is 11.3 Å². The fourth-order valence-corrected chi connectivity index (χ4v) is 1.32. The van der Waals surface area contributed by atoms with Crippen LogP contribution in [0, 0.1) is 24.1 Å². The van der Waals surface area contributed by atoms with Gasteiger partial charge in [0.1, 0.15) is 11.6 Å². The minimum Gasteiger partial charge on any atom is -0.508 e. The van der Waals surface area contributed by atoms with Gasteiger partial charge in [-0.1, -0.05) is 6.07 Å². The molecule has 0 spiro atoms. The topological polar surface area (TPSA) is 44.0 Å². The molecule has 1 rings (SSSR count). The molecule has 0 aliphatic heterocycles. The maximum absolute atomic E-state index is 13.6. The Hall–Kier alpha value is -1.56. The molecular weight excluding hydrogens is 181 g/mol. The van der Waals surface area contributed by atoms with E-state index >= 15 is 0 Å². The Labute approximate surface area is 82.6 Å². The van der Waals surface area contributed by atoms with Gasteiger partial charge in [0.25, 0.3) is 0 Å². The molecular formula is C11H12FNO. The van der Waals surface area contributed by atoms with Crippen LogP contribution in [-0.2, 0) is 5.41 Å². The summed E-state index contributed by atoms with van der Waals surface area (Å²) in [4.78, 5) is 0. The van der Waals surface area contributed by atoms with E-state index in [1.54, 1.807) is 20.8 Å². The highest BCUT2D eigenvalue weighted by atomic mass is 19.1. The molecule has 0 amide bonds. The molecule has 0 atom stereocenters. The zero-order valence-electron chi connectivity index (χ0n) is 8.43. The third-order valence-electron chi connectivity index (χ3n) is 2.22. The Morgan fingerprint density at radius 2 is 2.00 bits per heavy atom. The highest BCUT2D eigenvalue weighted by molar-refractivity contribution is 5.45. The molecule has 74 valence electrons. The summed E-state index contributed by atoms with van der Waals surface area (Å²) in [6.07, 6.45) is 0.